The largest absolute Gasteiger partial charge is 0.353 e. The third-order valence-corrected chi connectivity index (χ3v) is 3.38. The number of rotatable bonds is 4. The Kier molecular flexibility index (Phi) is 5.62. The van der Waals surface area contributed by atoms with Gasteiger partial charge < -0.3 is 11.1 Å². The average Bonchev–Trinajstić information content (AvgIpc) is 2.83. The van der Waals surface area contributed by atoms with Crippen LogP contribution in [-0.2, 0) is 11.3 Å². The molecule has 2 rings (SSSR count). The van der Waals surface area contributed by atoms with Gasteiger partial charge in [-0.1, -0.05) is 19.3 Å². The van der Waals surface area contributed by atoms with Gasteiger partial charge in [-0.2, -0.15) is 5.10 Å². The van der Waals surface area contributed by atoms with E-state index in [4.69, 9.17) is 5.73 Å². The Morgan fingerprint density at radius 1 is 1.39 bits per heavy atom. The summed E-state index contributed by atoms with van der Waals surface area (Å²) in [6.45, 7) is 1.27. The van der Waals surface area contributed by atoms with E-state index in [2.05, 4.69) is 10.4 Å². The standard InChI is InChI=1S/C12H20N4O.ClH/c13-12(5-2-1-3-6-12)11(17)14-8-10-16-9-4-7-15-16;/h4,7,9H,1-3,5-6,8,10,13H2,(H,14,17);1H. The Labute approximate surface area is 114 Å². The van der Waals surface area contributed by atoms with Crippen molar-refractivity contribution in [2.75, 3.05) is 6.54 Å². The highest BCUT2D eigenvalue weighted by atomic mass is 35.5. The van der Waals surface area contributed by atoms with Gasteiger partial charge in [-0.3, -0.25) is 9.48 Å². The molecule has 0 unspecified atom stereocenters. The van der Waals surface area contributed by atoms with E-state index in [1.165, 1.54) is 6.42 Å². The molecule has 0 bridgehead atoms. The van der Waals surface area contributed by atoms with Crippen LogP contribution in [0.3, 0.4) is 0 Å². The first-order chi connectivity index (χ1) is 8.21. The molecule has 18 heavy (non-hydrogen) atoms. The lowest BCUT2D eigenvalue weighted by molar-refractivity contribution is -0.127. The van der Waals surface area contributed by atoms with Crippen molar-refractivity contribution in [3.63, 3.8) is 0 Å². The molecule has 1 heterocycles. The topological polar surface area (TPSA) is 72.9 Å². The summed E-state index contributed by atoms with van der Waals surface area (Å²) in [6, 6.07) is 1.87. The van der Waals surface area contributed by atoms with Gasteiger partial charge in [0.2, 0.25) is 5.91 Å². The zero-order valence-electron chi connectivity index (χ0n) is 10.5. The number of carbonyl (C=O) groups excluding carboxylic acids is 1. The fourth-order valence-electron chi connectivity index (χ4n) is 2.30. The molecule has 5 nitrogen and oxygen atoms in total. The van der Waals surface area contributed by atoms with E-state index in [1.807, 2.05) is 12.3 Å². The van der Waals surface area contributed by atoms with Crippen LogP contribution in [0.4, 0.5) is 0 Å². The lowest BCUT2D eigenvalue weighted by atomic mass is 9.82. The Bertz CT molecular complexity index is 360. The molecule has 1 fully saturated rings. The second-order valence-electron chi connectivity index (χ2n) is 4.74. The second-order valence-corrected chi connectivity index (χ2v) is 4.74. The molecule has 1 aromatic heterocycles. The quantitative estimate of drug-likeness (QED) is 0.862. The van der Waals surface area contributed by atoms with Gasteiger partial charge in [0.25, 0.3) is 0 Å². The molecule has 1 aliphatic carbocycles. The van der Waals surface area contributed by atoms with Crippen molar-refractivity contribution in [3.8, 4) is 0 Å². The second kappa shape index (κ2) is 6.75. The molecule has 0 radical (unpaired) electrons. The third kappa shape index (κ3) is 3.71. The number of nitrogens with one attached hydrogen (secondary N) is 1. The normalized spacial score (nSPS) is 17.8. The highest BCUT2D eigenvalue weighted by Crippen LogP contribution is 2.25. The maximum atomic E-state index is 12.0. The van der Waals surface area contributed by atoms with Crippen molar-refractivity contribution in [3.05, 3.63) is 18.5 Å². The van der Waals surface area contributed by atoms with E-state index in [0.29, 0.717) is 13.1 Å². The highest BCUT2D eigenvalue weighted by molar-refractivity contribution is 5.86. The SMILES string of the molecule is Cl.NC1(C(=O)NCCn2cccn2)CCCCC1. The minimum absolute atomic E-state index is 0. The molecule has 1 saturated carbocycles. The van der Waals surface area contributed by atoms with Crippen LogP contribution < -0.4 is 11.1 Å². The minimum atomic E-state index is -0.637. The molecule has 0 aliphatic heterocycles. The summed E-state index contributed by atoms with van der Waals surface area (Å²) < 4.78 is 1.80. The lowest BCUT2D eigenvalue weighted by Gasteiger charge is -2.31. The van der Waals surface area contributed by atoms with Crippen LogP contribution in [0, 0.1) is 0 Å². The van der Waals surface area contributed by atoms with E-state index in [9.17, 15) is 4.79 Å². The van der Waals surface area contributed by atoms with Gasteiger partial charge >= 0.3 is 0 Å². The van der Waals surface area contributed by atoms with Crippen LogP contribution in [0.1, 0.15) is 32.1 Å². The van der Waals surface area contributed by atoms with Crippen molar-refractivity contribution >= 4 is 18.3 Å². The number of hydrogen-bond donors (Lipinski definition) is 2. The van der Waals surface area contributed by atoms with Gasteiger partial charge in [0, 0.05) is 18.9 Å². The fraction of sp³-hybridized carbons (Fsp3) is 0.667. The maximum absolute atomic E-state index is 12.0. The van der Waals surface area contributed by atoms with Crippen molar-refractivity contribution < 1.29 is 4.79 Å². The van der Waals surface area contributed by atoms with Gasteiger partial charge in [-0.15, -0.1) is 12.4 Å². The molecular weight excluding hydrogens is 252 g/mol. The smallest absolute Gasteiger partial charge is 0.240 e. The number of nitrogens with two attached hydrogens (primary N) is 1. The summed E-state index contributed by atoms with van der Waals surface area (Å²) in [7, 11) is 0. The van der Waals surface area contributed by atoms with Crippen LogP contribution in [0.5, 0.6) is 0 Å². The molecule has 0 saturated heterocycles. The Morgan fingerprint density at radius 3 is 2.72 bits per heavy atom. The minimum Gasteiger partial charge on any atom is -0.353 e. The van der Waals surface area contributed by atoms with Gasteiger partial charge in [0.05, 0.1) is 12.1 Å². The van der Waals surface area contributed by atoms with Crippen molar-refractivity contribution in [1.29, 1.82) is 0 Å². The summed E-state index contributed by atoms with van der Waals surface area (Å²) in [4.78, 5) is 12.0. The monoisotopic (exact) mass is 272 g/mol. The van der Waals surface area contributed by atoms with E-state index in [1.54, 1.807) is 10.9 Å². The zero-order chi connectivity index (χ0) is 12.1. The number of hydrogen-bond acceptors (Lipinski definition) is 3. The van der Waals surface area contributed by atoms with Crippen LogP contribution in [0.2, 0.25) is 0 Å². The van der Waals surface area contributed by atoms with E-state index >= 15 is 0 Å². The van der Waals surface area contributed by atoms with E-state index in [-0.39, 0.29) is 18.3 Å². The summed E-state index contributed by atoms with van der Waals surface area (Å²) >= 11 is 0. The Morgan fingerprint density at radius 2 is 2.11 bits per heavy atom. The third-order valence-electron chi connectivity index (χ3n) is 3.38. The first-order valence-electron chi connectivity index (χ1n) is 6.25. The number of amides is 1. The zero-order valence-corrected chi connectivity index (χ0v) is 11.3. The predicted molar refractivity (Wildman–Crippen MR) is 72.5 cm³/mol. The van der Waals surface area contributed by atoms with Crippen LogP contribution in [0.25, 0.3) is 0 Å². The molecule has 102 valence electrons. The van der Waals surface area contributed by atoms with Gasteiger partial charge in [0.15, 0.2) is 0 Å². The molecule has 1 aliphatic rings. The van der Waals surface area contributed by atoms with Crippen LogP contribution in [-0.4, -0.2) is 27.8 Å². The predicted octanol–water partition coefficient (Wildman–Crippen LogP) is 1.08. The number of nitrogens with zero attached hydrogens (tertiary/aromatic N) is 2. The van der Waals surface area contributed by atoms with E-state index < -0.39 is 5.54 Å². The summed E-state index contributed by atoms with van der Waals surface area (Å²) in [5, 5.41) is 6.98. The molecule has 1 amide bonds. The Balaban J connectivity index is 0.00000162. The van der Waals surface area contributed by atoms with Gasteiger partial charge in [-0.05, 0) is 18.9 Å². The maximum Gasteiger partial charge on any atom is 0.240 e. The first-order valence-corrected chi connectivity index (χ1v) is 6.25. The summed E-state index contributed by atoms with van der Waals surface area (Å²) in [6.07, 6.45) is 8.53. The fourth-order valence-corrected chi connectivity index (χ4v) is 2.30. The number of halogens is 1. The van der Waals surface area contributed by atoms with E-state index in [0.717, 1.165) is 25.7 Å². The Hall–Kier alpha value is -1.07. The summed E-state index contributed by atoms with van der Waals surface area (Å²) in [5.74, 6) is -0.00986. The van der Waals surface area contributed by atoms with Gasteiger partial charge in [-0.25, -0.2) is 0 Å². The molecule has 1 aromatic rings. The number of carbonyl (C=O) groups is 1. The molecular formula is C12H21ClN4O. The van der Waals surface area contributed by atoms with Crippen molar-refractivity contribution in [2.24, 2.45) is 5.73 Å². The first kappa shape index (κ1) is 15.0. The van der Waals surface area contributed by atoms with Gasteiger partial charge in [0.1, 0.15) is 0 Å². The number of aromatic nitrogens is 2. The van der Waals surface area contributed by atoms with Crippen LogP contribution in [0.15, 0.2) is 18.5 Å². The average molecular weight is 273 g/mol. The summed E-state index contributed by atoms with van der Waals surface area (Å²) in [5.41, 5.74) is 5.49. The molecule has 0 atom stereocenters. The van der Waals surface area contributed by atoms with Crippen molar-refractivity contribution in [2.45, 2.75) is 44.2 Å². The molecule has 0 spiro atoms. The van der Waals surface area contributed by atoms with Crippen molar-refractivity contribution in [1.82, 2.24) is 15.1 Å². The molecule has 0 aromatic carbocycles. The highest BCUT2D eigenvalue weighted by Gasteiger charge is 2.34. The van der Waals surface area contributed by atoms with Crippen LogP contribution >= 0.6 is 12.4 Å². The molecule has 6 heteroatoms. The lowest BCUT2D eigenvalue weighted by Crippen LogP contribution is -2.55. The molecule has 3 N–H and O–H groups in total.